The maximum atomic E-state index is 12.4. The van der Waals surface area contributed by atoms with Crippen molar-refractivity contribution in [2.75, 3.05) is 16.9 Å². The van der Waals surface area contributed by atoms with E-state index >= 15 is 0 Å². The van der Waals surface area contributed by atoms with E-state index < -0.39 is 0 Å². The number of nitrogens with two attached hydrogens (primary N) is 1. The van der Waals surface area contributed by atoms with Gasteiger partial charge in [-0.2, -0.15) is 0 Å². The number of hydrogen-bond acceptors (Lipinski definition) is 5. The molecule has 0 aliphatic heterocycles. The Morgan fingerprint density at radius 3 is 2.70 bits per heavy atom. The van der Waals surface area contributed by atoms with Crippen LogP contribution in [0.1, 0.15) is 18.1 Å². The minimum absolute atomic E-state index is 0.107. The maximum Gasteiger partial charge on any atom is 0.234 e. The fourth-order valence-corrected chi connectivity index (χ4v) is 4.01. The van der Waals surface area contributed by atoms with Gasteiger partial charge in [0.05, 0.1) is 5.75 Å². The van der Waals surface area contributed by atoms with E-state index in [-0.39, 0.29) is 11.7 Å². The summed E-state index contributed by atoms with van der Waals surface area (Å²) in [5, 5.41) is 11.7. The van der Waals surface area contributed by atoms with Crippen LogP contribution in [0.25, 0.3) is 11.4 Å². The highest BCUT2D eigenvalue weighted by Gasteiger charge is 2.15. The number of aryl methyl sites for hydroxylation is 2. The second-order valence-electron chi connectivity index (χ2n) is 5.99. The van der Waals surface area contributed by atoms with Crippen LogP contribution in [0, 0.1) is 6.92 Å². The third kappa shape index (κ3) is 4.51. The van der Waals surface area contributed by atoms with Crippen molar-refractivity contribution in [3.05, 3.63) is 58.1 Å². The van der Waals surface area contributed by atoms with E-state index in [0.717, 1.165) is 33.3 Å². The van der Waals surface area contributed by atoms with Gasteiger partial charge in [0, 0.05) is 15.7 Å². The van der Waals surface area contributed by atoms with Crippen molar-refractivity contribution >= 4 is 39.3 Å². The van der Waals surface area contributed by atoms with Gasteiger partial charge in [-0.3, -0.25) is 4.79 Å². The van der Waals surface area contributed by atoms with E-state index in [9.17, 15) is 4.79 Å². The fraction of sp³-hybridized carbons (Fsp3) is 0.211. The van der Waals surface area contributed by atoms with Crippen LogP contribution in [0.2, 0.25) is 0 Å². The van der Waals surface area contributed by atoms with E-state index in [1.165, 1.54) is 16.4 Å². The first-order valence-electron chi connectivity index (χ1n) is 8.47. The highest BCUT2D eigenvalue weighted by molar-refractivity contribution is 9.10. The van der Waals surface area contributed by atoms with Crippen molar-refractivity contribution in [2.24, 2.45) is 0 Å². The Kier molecular flexibility index (Phi) is 6.18. The first-order valence-corrected chi connectivity index (χ1v) is 10.2. The normalized spacial score (nSPS) is 10.8. The van der Waals surface area contributed by atoms with Crippen molar-refractivity contribution in [1.82, 2.24) is 14.9 Å². The van der Waals surface area contributed by atoms with Crippen LogP contribution in [-0.2, 0) is 11.2 Å². The molecule has 6 nitrogen and oxygen atoms in total. The predicted molar refractivity (Wildman–Crippen MR) is 113 cm³/mol. The van der Waals surface area contributed by atoms with Crippen LogP contribution >= 0.6 is 27.7 Å². The molecule has 2 aromatic carbocycles. The van der Waals surface area contributed by atoms with Crippen LogP contribution in [0.4, 0.5) is 5.69 Å². The molecule has 0 fully saturated rings. The Labute approximate surface area is 170 Å². The molecule has 0 aliphatic carbocycles. The number of thioether (sulfide) groups is 1. The average molecular weight is 446 g/mol. The van der Waals surface area contributed by atoms with Crippen molar-refractivity contribution in [1.29, 1.82) is 0 Å². The van der Waals surface area contributed by atoms with Gasteiger partial charge in [-0.25, -0.2) is 4.68 Å². The van der Waals surface area contributed by atoms with Gasteiger partial charge in [0.2, 0.25) is 11.1 Å². The topological polar surface area (TPSA) is 85.8 Å². The van der Waals surface area contributed by atoms with Gasteiger partial charge in [0.1, 0.15) is 0 Å². The molecule has 3 aromatic rings. The lowest BCUT2D eigenvalue weighted by Crippen LogP contribution is -2.18. The van der Waals surface area contributed by atoms with E-state index in [4.69, 9.17) is 5.84 Å². The fourth-order valence-electron chi connectivity index (χ4n) is 2.74. The van der Waals surface area contributed by atoms with Gasteiger partial charge >= 0.3 is 0 Å². The summed E-state index contributed by atoms with van der Waals surface area (Å²) in [6.07, 6.45) is 0.834. The Balaban J connectivity index is 1.68. The number of halogens is 1. The predicted octanol–water partition coefficient (Wildman–Crippen LogP) is 4.02. The summed E-state index contributed by atoms with van der Waals surface area (Å²) in [6, 6.07) is 13.6. The molecule has 1 aromatic heterocycles. The molecule has 0 radical (unpaired) electrons. The second-order valence-corrected chi connectivity index (χ2v) is 7.85. The van der Waals surface area contributed by atoms with Crippen molar-refractivity contribution < 1.29 is 4.79 Å². The summed E-state index contributed by atoms with van der Waals surface area (Å²) in [4.78, 5) is 12.4. The molecule has 1 amide bonds. The minimum atomic E-state index is -0.107. The van der Waals surface area contributed by atoms with Gasteiger partial charge in [-0.05, 0) is 36.6 Å². The molecule has 0 spiro atoms. The van der Waals surface area contributed by atoms with Crippen LogP contribution < -0.4 is 11.2 Å². The molecule has 0 bridgehead atoms. The lowest BCUT2D eigenvalue weighted by molar-refractivity contribution is -0.113. The van der Waals surface area contributed by atoms with E-state index in [2.05, 4.69) is 38.4 Å². The van der Waals surface area contributed by atoms with Crippen molar-refractivity contribution in [3.8, 4) is 11.4 Å². The van der Waals surface area contributed by atoms with Crippen LogP contribution in [0.5, 0.6) is 0 Å². The highest BCUT2D eigenvalue weighted by Crippen LogP contribution is 2.27. The third-order valence-corrected chi connectivity index (χ3v) is 5.46. The zero-order valence-electron chi connectivity index (χ0n) is 15.1. The molecular formula is C19H20BrN5OS. The zero-order valence-corrected chi connectivity index (χ0v) is 17.5. The molecule has 0 aliphatic rings. The molecule has 0 saturated carbocycles. The standard InChI is InChI=1S/C19H20BrN5OS/c1-3-13-10-15(20)9-12(2)17(13)22-16(26)11-27-19-24-23-18(25(19)21)14-7-5-4-6-8-14/h4-10H,3,11,21H2,1-2H3,(H,22,26). The number of nitrogens with zero attached hydrogens (tertiary/aromatic N) is 3. The summed E-state index contributed by atoms with van der Waals surface area (Å²) in [5.41, 5.74) is 3.86. The van der Waals surface area contributed by atoms with Gasteiger partial charge in [-0.1, -0.05) is 64.9 Å². The van der Waals surface area contributed by atoms with Crippen LogP contribution in [-0.4, -0.2) is 26.5 Å². The molecule has 0 saturated heterocycles. The highest BCUT2D eigenvalue weighted by atomic mass is 79.9. The Morgan fingerprint density at radius 1 is 1.26 bits per heavy atom. The summed E-state index contributed by atoms with van der Waals surface area (Å²) in [7, 11) is 0. The number of nitrogen functional groups attached to an aromatic ring is 1. The number of carbonyl (C=O) groups is 1. The number of hydrogen-bond donors (Lipinski definition) is 2. The molecule has 1 heterocycles. The molecule has 8 heteroatoms. The minimum Gasteiger partial charge on any atom is -0.335 e. The van der Waals surface area contributed by atoms with Crippen molar-refractivity contribution in [2.45, 2.75) is 25.4 Å². The molecule has 140 valence electrons. The van der Waals surface area contributed by atoms with Gasteiger partial charge < -0.3 is 11.2 Å². The first kappa shape index (κ1) is 19.4. The number of carbonyl (C=O) groups excluding carboxylic acids is 1. The Morgan fingerprint density at radius 2 is 2.00 bits per heavy atom. The number of rotatable bonds is 6. The number of amides is 1. The summed E-state index contributed by atoms with van der Waals surface area (Å²) in [6.45, 7) is 4.04. The average Bonchev–Trinajstić information content (AvgIpc) is 3.03. The van der Waals surface area contributed by atoms with E-state index in [1.54, 1.807) is 0 Å². The first-order chi connectivity index (χ1) is 13.0. The van der Waals surface area contributed by atoms with Crippen molar-refractivity contribution in [3.63, 3.8) is 0 Å². The molecule has 3 rings (SSSR count). The van der Waals surface area contributed by atoms with Gasteiger partial charge in [-0.15, -0.1) is 10.2 Å². The van der Waals surface area contributed by atoms with E-state index in [0.29, 0.717) is 11.0 Å². The van der Waals surface area contributed by atoms with Gasteiger partial charge in [0.25, 0.3) is 0 Å². The summed E-state index contributed by atoms with van der Waals surface area (Å²) in [5.74, 6) is 6.75. The molecule has 27 heavy (non-hydrogen) atoms. The number of benzene rings is 2. The van der Waals surface area contributed by atoms with Gasteiger partial charge in [0.15, 0.2) is 5.82 Å². The largest absolute Gasteiger partial charge is 0.335 e. The Hall–Kier alpha value is -2.32. The maximum absolute atomic E-state index is 12.4. The number of anilines is 1. The Bertz CT molecular complexity index is 958. The number of nitrogens with one attached hydrogen (secondary N) is 1. The van der Waals surface area contributed by atoms with Crippen LogP contribution in [0.3, 0.4) is 0 Å². The molecular weight excluding hydrogens is 426 g/mol. The van der Waals surface area contributed by atoms with Crippen LogP contribution in [0.15, 0.2) is 52.1 Å². The molecule has 3 N–H and O–H groups in total. The number of aromatic nitrogens is 3. The molecule has 0 unspecified atom stereocenters. The SMILES string of the molecule is CCc1cc(Br)cc(C)c1NC(=O)CSc1nnc(-c2ccccc2)n1N. The zero-order chi connectivity index (χ0) is 19.4. The van der Waals surface area contributed by atoms with E-state index in [1.807, 2.05) is 49.4 Å². The summed E-state index contributed by atoms with van der Waals surface area (Å²) < 4.78 is 2.42. The monoisotopic (exact) mass is 445 g/mol. The summed E-state index contributed by atoms with van der Waals surface area (Å²) >= 11 is 4.75. The second kappa shape index (κ2) is 8.58. The quantitative estimate of drug-likeness (QED) is 0.441. The lowest BCUT2D eigenvalue weighted by atomic mass is 10.1. The molecule has 0 atom stereocenters. The smallest absolute Gasteiger partial charge is 0.234 e. The lowest BCUT2D eigenvalue weighted by Gasteiger charge is -2.13. The third-order valence-electron chi connectivity index (χ3n) is 4.06.